The summed E-state index contributed by atoms with van der Waals surface area (Å²) in [6.07, 6.45) is 0. The topological polar surface area (TPSA) is 42.2 Å². The highest BCUT2D eigenvalue weighted by molar-refractivity contribution is 7.22. The maximum Gasteiger partial charge on any atom is 0.181 e. The van der Waals surface area contributed by atoms with Crippen LogP contribution in [0.5, 0.6) is 0 Å². The Morgan fingerprint density at radius 3 is 2.72 bits per heavy atom. The van der Waals surface area contributed by atoms with Crippen LogP contribution < -0.4 is 5.73 Å². The Bertz CT molecular complexity index is 533. The predicted molar refractivity (Wildman–Crippen MR) is 79.8 cm³/mol. The van der Waals surface area contributed by atoms with Gasteiger partial charge in [-0.25, -0.2) is 4.98 Å². The zero-order valence-corrected chi connectivity index (χ0v) is 12.3. The molecule has 0 aliphatic carbocycles. The third kappa shape index (κ3) is 2.82. The van der Waals surface area contributed by atoms with Crippen LogP contribution in [0.2, 0.25) is 0 Å². The van der Waals surface area contributed by atoms with E-state index in [1.54, 1.807) is 11.3 Å². The van der Waals surface area contributed by atoms with Gasteiger partial charge in [-0.1, -0.05) is 31.3 Å². The molecule has 1 aromatic heterocycles. The second kappa shape index (κ2) is 5.24. The Kier molecular flexibility index (Phi) is 3.88. The Hall–Kier alpha value is -1.13. The summed E-state index contributed by atoms with van der Waals surface area (Å²) < 4.78 is 1.18. The zero-order valence-electron chi connectivity index (χ0n) is 11.5. The smallest absolute Gasteiger partial charge is 0.181 e. The molecule has 3 nitrogen and oxygen atoms in total. The quantitative estimate of drug-likeness (QED) is 0.919. The van der Waals surface area contributed by atoms with E-state index in [0.29, 0.717) is 17.1 Å². The molecule has 18 heavy (non-hydrogen) atoms. The summed E-state index contributed by atoms with van der Waals surface area (Å²) in [5.74, 6) is 0.665. The fourth-order valence-electron chi connectivity index (χ4n) is 2.03. The van der Waals surface area contributed by atoms with Crippen molar-refractivity contribution in [3.63, 3.8) is 0 Å². The molecule has 1 aromatic carbocycles. The summed E-state index contributed by atoms with van der Waals surface area (Å²) in [6, 6.07) is 6.98. The summed E-state index contributed by atoms with van der Waals surface area (Å²) in [6.45, 7) is 7.75. The zero-order chi connectivity index (χ0) is 13.3. The molecule has 0 aliphatic rings. The number of anilines is 1. The number of nitrogens with zero attached hydrogens (tertiary/aromatic N) is 2. The third-order valence-corrected chi connectivity index (χ3v) is 4.41. The van der Waals surface area contributed by atoms with Crippen molar-refractivity contribution in [1.82, 2.24) is 9.88 Å². The molecule has 0 saturated heterocycles. The van der Waals surface area contributed by atoms with E-state index in [1.807, 2.05) is 0 Å². The summed E-state index contributed by atoms with van der Waals surface area (Å²) in [4.78, 5) is 6.66. The van der Waals surface area contributed by atoms with Gasteiger partial charge >= 0.3 is 0 Å². The van der Waals surface area contributed by atoms with Crippen molar-refractivity contribution in [1.29, 1.82) is 0 Å². The first-order valence-corrected chi connectivity index (χ1v) is 7.14. The molecule has 1 heterocycles. The van der Waals surface area contributed by atoms with Crippen LogP contribution in [0, 0.1) is 5.92 Å². The molecule has 0 bridgehead atoms. The lowest BCUT2D eigenvalue weighted by atomic mass is 10.0. The molecule has 0 radical (unpaired) electrons. The van der Waals surface area contributed by atoms with Crippen LogP contribution in [0.3, 0.4) is 0 Å². The van der Waals surface area contributed by atoms with Gasteiger partial charge in [-0.05, 0) is 37.6 Å². The van der Waals surface area contributed by atoms with E-state index in [1.165, 1.54) is 10.3 Å². The van der Waals surface area contributed by atoms with Crippen LogP contribution in [0.4, 0.5) is 5.13 Å². The van der Waals surface area contributed by atoms with Gasteiger partial charge in [0.15, 0.2) is 5.13 Å². The van der Waals surface area contributed by atoms with Crippen LogP contribution >= 0.6 is 11.3 Å². The van der Waals surface area contributed by atoms with Gasteiger partial charge in [-0.3, -0.25) is 4.90 Å². The first-order chi connectivity index (χ1) is 8.47. The van der Waals surface area contributed by atoms with Gasteiger partial charge < -0.3 is 5.73 Å². The standard InChI is InChI=1S/C14H21N3S/c1-9(2)10(3)17(4)8-11-5-6-12-13(7-11)18-14(15)16-12/h5-7,9-10H,8H2,1-4H3,(H2,15,16). The van der Waals surface area contributed by atoms with Crippen molar-refractivity contribution < 1.29 is 0 Å². The maximum atomic E-state index is 5.73. The van der Waals surface area contributed by atoms with Gasteiger partial charge in [0.1, 0.15) is 0 Å². The van der Waals surface area contributed by atoms with Crippen LogP contribution in [0.25, 0.3) is 10.2 Å². The van der Waals surface area contributed by atoms with Gasteiger partial charge in [0.2, 0.25) is 0 Å². The Balaban J connectivity index is 2.16. The SMILES string of the molecule is CC(C)C(C)N(C)Cc1ccc2nc(N)sc2c1. The molecule has 1 atom stereocenters. The van der Waals surface area contributed by atoms with Crippen LogP contribution in [0.15, 0.2) is 18.2 Å². The van der Waals surface area contributed by atoms with Gasteiger partial charge in [-0.15, -0.1) is 0 Å². The Labute approximate surface area is 113 Å². The lowest BCUT2D eigenvalue weighted by Crippen LogP contribution is -2.32. The molecular weight excluding hydrogens is 242 g/mol. The number of rotatable bonds is 4. The molecule has 98 valence electrons. The van der Waals surface area contributed by atoms with E-state index < -0.39 is 0 Å². The monoisotopic (exact) mass is 263 g/mol. The number of aromatic nitrogens is 1. The fraction of sp³-hybridized carbons (Fsp3) is 0.500. The van der Waals surface area contributed by atoms with E-state index in [4.69, 9.17) is 5.73 Å². The highest BCUT2D eigenvalue weighted by Crippen LogP contribution is 2.25. The first kappa shape index (κ1) is 13.3. The number of hydrogen-bond donors (Lipinski definition) is 1. The van der Waals surface area contributed by atoms with Gasteiger partial charge in [0.25, 0.3) is 0 Å². The fourth-order valence-corrected chi connectivity index (χ4v) is 2.82. The molecule has 2 rings (SSSR count). The predicted octanol–water partition coefficient (Wildman–Crippen LogP) is 3.35. The summed E-state index contributed by atoms with van der Waals surface area (Å²) in [5, 5.41) is 0.644. The third-order valence-electron chi connectivity index (χ3n) is 3.56. The minimum Gasteiger partial charge on any atom is -0.375 e. The minimum atomic E-state index is 0.576. The largest absolute Gasteiger partial charge is 0.375 e. The average molecular weight is 263 g/mol. The van der Waals surface area contributed by atoms with Crippen molar-refractivity contribution in [3.8, 4) is 0 Å². The normalized spacial score (nSPS) is 13.7. The average Bonchev–Trinajstić information content (AvgIpc) is 2.67. The summed E-state index contributed by atoms with van der Waals surface area (Å²) in [7, 11) is 2.18. The van der Waals surface area contributed by atoms with Crippen LogP contribution in [-0.4, -0.2) is 23.0 Å². The highest BCUT2D eigenvalue weighted by atomic mass is 32.1. The Morgan fingerprint density at radius 1 is 1.33 bits per heavy atom. The Morgan fingerprint density at radius 2 is 2.06 bits per heavy atom. The second-order valence-corrected chi connectivity index (χ2v) is 6.32. The van der Waals surface area contributed by atoms with Gasteiger partial charge in [0, 0.05) is 12.6 Å². The second-order valence-electron chi connectivity index (χ2n) is 5.25. The maximum absolute atomic E-state index is 5.73. The van der Waals surface area contributed by atoms with Crippen LogP contribution in [-0.2, 0) is 6.54 Å². The summed E-state index contributed by atoms with van der Waals surface area (Å²) >= 11 is 1.56. The number of fused-ring (bicyclic) bond motifs is 1. The molecule has 0 saturated carbocycles. The molecule has 1 unspecified atom stereocenters. The molecule has 2 N–H and O–H groups in total. The molecule has 2 aromatic rings. The molecule has 0 spiro atoms. The van der Waals surface area contributed by atoms with E-state index in [0.717, 1.165) is 12.1 Å². The van der Waals surface area contributed by atoms with Gasteiger partial charge in [0.05, 0.1) is 10.2 Å². The number of nitrogen functional groups attached to an aromatic ring is 1. The molecule has 0 aliphatic heterocycles. The van der Waals surface area contributed by atoms with Crippen molar-refractivity contribution in [2.45, 2.75) is 33.4 Å². The van der Waals surface area contributed by atoms with Crippen molar-refractivity contribution in [2.75, 3.05) is 12.8 Å². The van der Waals surface area contributed by atoms with Crippen molar-refractivity contribution >= 4 is 26.7 Å². The van der Waals surface area contributed by atoms with Crippen molar-refractivity contribution in [2.24, 2.45) is 5.92 Å². The highest BCUT2D eigenvalue weighted by Gasteiger charge is 2.13. The molecule has 4 heteroatoms. The number of nitrogens with two attached hydrogens (primary N) is 1. The van der Waals surface area contributed by atoms with Gasteiger partial charge in [-0.2, -0.15) is 0 Å². The lowest BCUT2D eigenvalue weighted by Gasteiger charge is -2.27. The summed E-state index contributed by atoms with van der Waals surface area (Å²) in [5.41, 5.74) is 8.05. The van der Waals surface area contributed by atoms with Crippen LogP contribution in [0.1, 0.15) is 26.3 Å². The molecule has 0 amide bonds. The van der Waals surface area contributed by atoms with E-state index in [2.05, 4.69) is 55.9 Å². The molecular formula is C14H21N3S. The van der Waals surface area contributed by atoms with E-state index >= 15 is 0 Å². The van der Waals surface area contributed by atoms with Crippen molar-refractivity contribution in [3.05, 3.63) is 23.8 Å². The van der Waals surface area contributed by atoms with E-state index in [9.17, 15) is 0 Å². The van der Waals surface area contributed by atoms with E-state index in [-0.39, 0.29) is 0 Å². The number of benzene rings is 1. The first-order valence-electron chi connectivity index (χ1n) is 6.32. The number of hydrogen-bond acceptors (Lipinski definition) is 4. The minimum absolute atomic E-state index is 0.576. The molecule has 0 fully saturated rings. The number of thiazole rings is 1. The lowest BCUT2D eigenvalue weighted by molar-refractivity contribution is 0.200.